The molecule has 0 saturated carbocycles. The molecule has 0 aliphatic heterocycles. The van der Waals surface area contributed by atoms with E-state index in [4.69, 9.17) is 11.6 Å². The molecule has 0 bridgehead atoms. The van der Waals surface area contributed by atoms with Gasteiger partial charge in [-0.15, -0.1) is 0 Å². The molecule has 98 valence electrons. The highest BCUT2D eigenvalue weighted by Gasteiger charge is 2.15. The molecule has 0 fully saturated rings. The second-order valence-corrected chi connectivity index (χ2v) is 5.15. The molecule has 0 unspecified atom stereocenters. The van der Waals surface area contributed by atoms with Gasteiger partial charge in [0.2, 0.25) is 5.28 Å². The maximum atomic E-state index is 5.90. The highest BCUT2D eigenvalue weighted by Crippen LogP contribution is 2.30. The van der Waals surface area contributed by atoms with Gasteiger partial charge in [-0.2, -0.15) is 10.1 Å². The summed E-state index contributed by atoms with van der Waals surface area (Å²) in [5.41, 5.74) is 2.99. The number of aryl methyl sites for hydroxylation is 1. The number of halogens is 1. The van der Waals surface area contributed by atoms with Gasteiger partial charge < -0.3 is 4.57 Å². The van der Waals surface area contributed by atoms with Crippen molar-refractivity contribution < 1.29 is 0 Å². The van der Waals surface area contributed by atoms with Gasteiger partial charge in [0.25, 0.3) is 0 Å². The van der Waals surface area contributed by atoms with Gasteiger partial charge in [0.15, 0.2) is 0 Å². The van der Waals surface area contributed by atoms with Crippen molar-refractivity contribution in [2.45, 2.75) is 19.9 Å². The van der Waals surface area contributed by atoms with E-state index < -0.39 is 0 Å². The quantitative estimate of drug-likeness (QED) is 0.675. The summed E-state index contributed by atoms with van der Waals surface area (Å²) in [6.45, 7) is 4.24. The average Bonchev–Trinajstić information content (AvgIpc) is 2.91. The third-order valence-corrected chi connectivity index (χ3v) is 3.25. The molecule has 6 heteroatoms. The summed E-state index contributed by atoms with van der Waals surface area (Å²) in [5.74, 6) is 0. The Morgan fingerprint density at radius 2 is 2.05 bits per heavy atom. The molecule has 3 aromatic rings. The van der Waals surface area contributed by atoms with Crippen molar-refractivity contribution in [1.82, 2.24) is 24.3 Å². The van der Waals surface area contributed by atoms with E-state index in [-0.39, 0.29) is 11.3 Å². The topological polar surface area (TPSA) is 48.5 Å². The van der Waals surface area contributed by atoms with Gasteiger partial charge in [0.1, 0.15) is 5.65 Å². The molecule has 0 aromatic carbocycles. The SMILES string of the molecule is CC(C)n1c(-c2cnn(C)c2)cc2cnc(Cl)nc21. The van der Waals surface area contributed by atoms with Crippen LogP contribution in [-0.4, -0.2) is 24.3 Å². The summed E-state index contributed by atoms with van der Waals surface area (Å²) in [6, 6.07) is 2.35. The van der Waals surface area contributed by atoms with Crippen LogP contribution in [-0.2, 0) is 7.05 Å². The number of aromatic nitrogens is 5. The van der Waals surface area contributed by atoms with Crippen LogP contribution in [0.15, 0.2) is 24.7 Å². The third-order valence-electron chi connectivity index (χ3n) is 3.06. The van der Waals surface area contributed by atoms with Gasteiger partial charge in [0, 0.05) is 36.4 Å². The Balaban J connectivity index is 2.32. The zero-order chi connectivity index (χ0) is 13.6. The predicted octanol–water partition coefficient (Wildman–Crippen LogP) is 3.07. The minimum Gasteiger partial charge on any atom is -0.323 e. The summed E-state index contributed by atoms with van der Waals surface area (Å²) in [6.07, 6.45) is 5.59. The lowest BCUT2D eigenvalue weighted by atomic mass is 10.2. The standard InChI is InChI=1S/C13H14ClN5/c1-8(2)19-11(10-6-16-18(3)7-10)4-9-5-15-13(14)17-12(9)19/h4-8H,1-3H3. The van der Waals surface area contributed by atoms with Crippen LogP contribution < -0.4 is 0 Å². The number of fused-ring (bicyclic) bond motifs is 1. The molecule has 0 aliphatic carbocycles. The number of nitrogens with zero attached hydrogens (tertiary/aromatic N) is 5. The fourth-order valence-electron chi connectivity index (χ4n) is 2.29. The van der Waals surface area contributed by atoms with E-state index >= 15 is 0 Å². The summed E-state index contributed by atoms with van der Waals surface area (Å²) >= 11 is 5.90. The minimum atomic E-state index is 0.269. The average molecular weight is 276 g/mol. The van der Waals surface area contributed by atoms with Crippen molar-refractivity contribution in [3.05, 3.63) is 29.9 Å². The zero-order valence-electron chi connectivity index (χ0n) is 11.0. The minimum absolute atomic E-state index is 0.269. The Morgan fingerprint density at radius 1 is 1.26 bits per heavy atom. The molecule has 3 aromatic heterocycles. The lowest BCUT2D eigenvalue weighted by Gasteiger charge is -2.12. The highest BCUT2D eigenvalue weighted by atomic mass is 35.5. The van der Waals surface area contributed by atoms with E-state index in [0.717, 1.165) is 22.3 Å². The van der Waals surface area contributed by atoms with Crippen LogP contribution in [0, 0.1) is 0 Å². The Labute approximate surface area is 115 Å². The molecule has 0 aliphatic rings. The molecule has 0 spiro atoms. The summed E-state index contributed by atoms with van der Waals surface area (Å²) < 4.78 is 3.94. The second-order valence-electron chi connectivity index (χ2n) is 4.81. The first-order chi connectivity index (χ1) is 9.06. The fraction of sp³-hybridized carbons (Fsp3) is 0.308. The molecule has 0 saturated heterocycles. The second kappa shape index (κ2) is 4.35. The molecular weight excluding hydrogens is 262 g/mol. The van der Waals surface area contributed by atoms with Crippen molar-refractivity contribution in [3.63, 3.8) is 0 Å². The Bertz CT molecular complexity index is 741. The van der Waals surface area contributed by atoms with E-state index in [0.29, 0.717) is 0 Å². The molecule has 0 radical (unpaired) electrons. The maximum absolute atomic E-state index is 5.90. The highest BCUT2D eigenvalue weighted by molar-refractivity contribution is 6.28. The van der Waals surface area contributed by atoms with Gasteiger partial charge in [-0.3, -0.25) is 4.68 Å². The number of hydrogen-bond acceptors (Lipinski definition) is 3. The molecule has 0 amide bonds. The van der Waals surface area contributed by atoms with Gasteiger partial charge in [0.05, 0.1) is 11.9 Å². The largest absolute Gasteiger partial charge is 0.323 e. The fourth-order valence-corrected chi connectivity index (χ4v) is 2.41. The Kier molecular flexibility index (Phi) is 2.78. The van der Waals surface area contributed by atoms with E-state index in [2.05, 4.69) is 39.5 Å². The first-order valence-electron chi connectivity index (χ1n) is 6.09. The summed E-state index contributed by atoms with van der Waals surface area (Å²) in [4.78, 5) is 8.38. The first-order valence-corrected chi connectivity index (χ1v) is 6.46. The molecule has 19 heavy (non-hydrogen) atoms. The number of hydrogen-bond donors (Lipinski definition) is 0. The third kappa shape index (κ3) is 2.00. The van der Waals surface area contributed by atoms with E-state index in [9.17, 15) is 0 Å². The van der Waals surface area contributed by atoms with E-state index in [1.165, 1.54) is 0 Å². The molecule has 0 atom stereocenters. The van der Waals surface area contributed by atoms with Crippen molar-refractivity contribution >= 4 is 22.6 Å². The van der Waals surface area contributed by atoms with E-state index in [1.807, 2.05) is 19.4 Å². The Hall–Kier alpha value is -1.88. The van der Waals surface area contributed by atoms with Crippen LogP contribution in [0.2, 0.25) is 5.28 Å². The van der Waals surface area contributed by atoms with Crippen LogP contribution in [0.1, 0.15) is 19.9 Å². The normalized spacial score (nSPS) is 11.6. The van der Waals surface area contributed by atoms with Crippen LogP contribution in [0.5, 0.6) is 0 Å². The summed E-state index contributed by atoms with van der Waals surface area (Å²) in [7, 11) is 1.91. The smallest absolute Gasteiger partial charge is 0.224 e. The van der Waals surface area contributed by atoms with Crippen molar-refractivity contribution in [2.75, 3.05) is 0 Å². The van der Waals surface area contributed by atoms with E-state index in [1.54, 1.807) is 10.9 Å². The van der Waals surface area contributed by atoms with Gasteiger partial charge in [-0.1, -0.05) is 0 Å². The molecule has 5 nitrogen and oxygen atoms in total. The van der Waals surface area contributed by atoms with Crippen LogP contribution in [0.25, 0.3) is 22.3 Å². The monoisotopic (exact) mass is 275 g/mol. The number of rotatable bonds is 2. The van der Waals surface area contributed by atoms with Crippen LogP contribution in [0.3, 0.4) is 0 Å². The van der Waals surface area contributed by atoms with Gasteiger partial charge >= 0.3 is 0 Å². The lowest BCUT2D eigenvalue weighted by Crippen LogP contribution is -2.03. The van der Waals surface area contributed by atoms with Crippen molar-refractivity contribution in [3.8, 4) is 11.3 Å². The molecule has 3 rings (SSSR count). The molecule has 3 heterocycles. The van der Waals surface area contributed by atoms with Crippen LogP contribution in [0.4, 0.5) is 0 Å². The first kappa shape index (κ1) is 12.2. The zero-order valence-corrected chi connectivity index (χ0v) is 11.8. The summed E-state index contributed by atoms with van der Waals surface area (Å²) in [5, 5.41) is 5.47. The van der Waals surface area contributed by atoms with Crippen LogP contribution >= 0.6 is 11.6 Å². The molecular formula is C13H14ClN5. The lowest BCUT2D eigenvalue weighted by molar-refractivity contribution is 0.623. The maximum Gasteiger partial charge on any atom is 0.224 e. The van der Waals surface area contributed by atoms with Gasteiger partial charge in [-0.25, -0.2) is 4.98 Å². The van der Waals surface area contributed by atoms with Crippen molar-refractivity contribution in [1.29, 1.82) is 0 Å². The predicted molar refractivity (Wildman–Crippen MR) is 75.1 cm³/mol. The molecule has 0 N–H and O–H groups in total. The van der Waals surface area contributed by atoms with Gasteiger partial charge in [-0.05, 0) is 31.5 Å². The van der Waals surface area contributed by atoms with Crippen molar-refractivity contribution in [2.24, 2.45) is 7.05 Å². The Morgan fingerprint density at radius 3 is 2.68 bits per heavy atom.